The van der Waals surface area contributed by atoms with Gasteiger partial charge >= 0.3 is 6.03 Å². The van der Waals surface area contributed by atoms with E-state index < -0.39 is 29.8 Å². The molecule has 0 bridgehead atoms. The van der Waals surface area contributed by atoms with Gasteiger partial charge in [0.1, 0.15) is 11.3 Å². The number of nitrogens with zero attached hydrogens (tertiary/aromatic N) is 1. The van der Waals surface area contributed by atoms with Crippen molar-refractivity contribution in [1.29, 1.82) is 0 Å². The summed E-state index contributed by atoms with van der Waals surface area (Å²) >= 11 is 0. The van der Waals surface area contributed by atoms with E-state index in [0.29, 0.717) is 28.1 Å². The lowest BCUT2D eigenvalue weighted by Gasteiger charge is -2.22. The van der Waals surface area contributed by atoms with E-state index in [1.165, 1.54) is 14.0 Å². The van der Waals surface area contributed by atoms with Crippen LogP contribution in [0.5, 0.6) is 5.75 Å². The molecule has 0 unspecified atom stereocenters. The molecule has 1 aliphatic heterocycles. The predicted molar refractivity (Wildman–Crippen MR) is 105 cm³/mol. The third-order valence-corrected chi connectivity index (χ3v) is 5.31. The van der Waals surface area contributed by atoms with Crippen molar-refractivity contribution in [3.05, 3.63) is 52.3 Å². The van der Waals surface area contributed by atoms with Gasteiger partial charge in [-0.25, -0.2) is 4.79 Å². The van der Waals surface area contributed by atoms with Gasteiger partial charge in [0, 0.05) is 11.3 Å². The fraction of sp³-hybridized carbons (Fsp3) is 0.333. The van der Waals surface area contributed by atoms with Crippen LogP contribution in [-0.2, 0) is 10.3 Å². The third kappa shape index (κ3) is 3.30. The van der Waals surface area contributed by atoms with Gasteiger partial charge in [0.05, 0.1) is 19.3 Å². The van der Waals surface area contributed by atoms with Crippen LogP contribution in [0.25, 0.3) is 0 Å². The minimum atomic E-state index is -1.28. The molecule has 1 aromatic carbocycles. The van der Waals surface area contributed by atoms with Crippen molar-refractivity contribution in [2.45, 2.75) is 33.2 Å². The van der Waals surface area contributed by atoms with Crippen molar-refractivity contribution in [1.82, 2.24) is 15.2 Å². The SMILES string of the molecule is COc1ccc([C@@]2(C)NC(=O)N(CC(=O)c3[nH]c(C)c(C(C)=O)c3C)C2=O)cc1. The van der Waals surface area contributed by atoms with E-state index in [1.54, 1.807) is 45.0 Å². The molecule has 29 heavy (non-hydrogen) atoms. The number of ether oxygens (including phenoxy) is 1. The zero-order valence-corrected chi connectivity index (χ0v) is 17.0. The highest BCUT2D eigenvalue weighted by Gasteiger charge is 2.49. The van der Waals surface area contributed by atoms with Crippen molar-refractivity contribution in [3.8, 4) is 5.75 Å². The van der Waals surface area contributed by atoms with E-state index in [1.807, 2.05) is 0 Å². The normalized spacial score (nSPS) is 18.7. The van der Waals surface area contributed by atoms with E-state index in [4.69, 9.17) is 4.74 Å². The van der Waals surface area contributed by atoms with Gasteiger partial charge in [-0.15, -0.1) is 0 Å². The maximum atomic E-state index is 13.0. The zero-order valence-electron chi connectivity index (χ0n) is 17.0. The second kappa shape index (κ2) is 7.20. The number of hydrogen-bond donors (Lipinski definition) is 2. The Morgan fingerprint density at radius 2 is 1.76 bits per heavy atom. The molecule has 1 atom stereocenters. The summed E-state index contributed by atoms with van der Waals surface area (Å²) in [6.45, 7) is 5.97. The van der Waals surface area contributed by atoms with Gasteiger partial charge in [0.2, 0.25) is 0 Å². The molecule has 1 saturated heterocycles. The van der Waals surface area contributed by atoms with Gasteiger partial charge in [0.15, 0.2) is 11.6 Å². The molecule has 1 fully saturated rings. The number of urea groups is 1. The topological polar surface area (TPSA) is 109 Å². The van der Waals surface area contributed by atoms with Crippen molar-refractivity contribution in [3.63, 3.8) is 0 Å². The van der Waals surface area contributed by atoms with Gasteiger partial charge in [0.25, 0.3) is 5.91 Å². The lowest BCUT2D eigenvalue weighted by atomic mass is 9.92. The molecule has 1 aromatic heterocycles. The van der Waals surface area contributed by atoms with Crippen molar-refractivity contribution in [2.24, 2.45) is 0 Å². The van der Waals surface area contributed by atoms with Crippen molar-refractivity contribution >= 4 is 23.5 Å². The molecule has 0 spiro atoms. The Bertz CT molecular complexity index is 1020. The molecular formula is C21H23N3O5. The van der Waals surface area contributed by atoms with Crippen LogP contribution in [0.3, 0.4) is 0 Å². The first-order chi connectivity index (χ1) is 13.6. The monoisotopic (exact) mass is 397 g/mol. The number of aromatic nitrogens is 1. The van der Waals surface area contributed by atoms with E-state index >= 15 is 0 Å². The van der Waals surface area contributed by atoms with Gasteiger partial charge in [-0.05, 0) is 51.0 Å². The lowest BCUT2D eigenvalue weighted by Crippen LogP contribution is -2.41. The van der Waals surface area contributed by atoms with Crippen LogP contribution >= 0.6 is 0 Å². The van der Waals surface area contributed by atoms with Crippen LogP contribution in [0.4, 0.5) is 4.79 Å². The number of hydrogen-bond acceptors (Lipinski definition) is 5. The van der Waals surface area contributed by atoms with E-state index in [2.05, 4.69) is 10.3 Å². The molecule has 0 saturated carbocycles. The summed E-state index contributed by atoms with van der Waals surface area (Å²) in [5, 5.41) is 2.67. The number of rotatable bonds is 6. The molecule has 152 valence electrons. The Morgan fingerprint density at radius 1 is 1.14 bits per heavy atom. The highest BCUT2D eigenvalue weighted by molar-refractivity contribution is 6.12. The number of imide groups is 1. The van der Waals surface area contributed by atoms with Crippen LogP contribution in [0.2, 0.25) is 0 Å². The molecule has 0 radical (unpaired) electrons. The summed E-state index contributed by atoms with van der Waals surface area (Å²) in [4.78, 5) is 53.9. The van der Waals surface area contributed by atoms with Crippen LogP contribution < -0.4 is 10.1 Å². The van der Waals surface area contributed by atoms with Gasteiger partial charge in [-0.1, -0.05) is 12.1 Å². The van der Waals surface area contributed by atoms with E-state index in [9.17, 15) is 19.2 Å². The summed E-state index contributed by atoms with van der Waals surface area (Å²) in [5.74, 6) is -0.494. The number of nitrogens with one attached hydrogen (secondary N) is 2. The summed E-state index contributed by atoms with van der Waals surface area (Å²) in [6.07, 6.45) is 0. The van der Waals surface area contributed by atoms with Crippen LogP contribution in [0.1, 0.15) is 51.5 Å². The minimum absolute atomic E-state index is 0.155. The molecule has 2 heterocycles. The standard InChI is InChI=1S/C21H23N3O5/c1-11-17(13(3)25)12(2)22-18(11)16(26)10-24-19(27)21(4,23-20(24)28)14-6-8-15(29-5)9-7-14/h6-9,22H,10H2,1-5H3,(H,23,28)/t21-/m1/s1. The molecular weight excluding hydrogens is 374 g/mol. The first kappa shape index (κ1) is 20.3. The smallest absolute Gasteiger partial charge is 0.325 e. The summed E-state index contributed by atoms with van der Waals surface area (Å²) < 4.78 is 5.12. The Balaban J connectivity index is 1.86. The number of H-pyrrole nitrogens is 1. The van der Waals surface area contributed by atoms with Gasteiger partial charge in [-0.2, -0.15) is 0 Å². The predicted octanol–water partition coefficient (Wildman–Crippen LogP) is 2.49. The minimum Gasteiger partial charge on any atom is -0.497 e. The second-order valence-corrected chi connectivity index (χ2v) is 7.28. The highest BCUT2D eigenvalue weighted by atomic mass is 16.5. The third-order valence-electron chi connectivity index (χ3n) is 5.31. The molecule has 8 heteroatoms. The molecule has 8 nitrogen and oxygen atoms in total. The Kier molecular flexibility index (Phi) is 5.04. The number of carbonyl (C=O) groups is 4. The molecule has 2 N–H and O–H groups in total. The maximum absolute atomic E-state index is 13.0. The lowest BCUT2D eigenvalue weighted by molar-refractivity contribution is -0.130. The maximum Gasteiger partial charge on any atom is 0.325 e. The largest absolute Gasteiger partial charge is 0.497 e. The number of methoxy groups -OCH3 is 1. The van der Waals surface area contributed by atoms with E-state index in [-0.39, 0.29) is 11.5 Å². The summed E-state index contributed by atoms with van der Waals surface area (Å²) in [6, 6.07) is 6.14. The number of ketones is 2. The van der Waals surface area contributed by atoms with Crippen LogP contribution in [0, 0.1) is 13.8 Å². The number of amides is 3. The average molecular weight is 397 g/mol. The molecule has 3 amide bonds. The highest BCUT2D eigenvalue weighted by Crippen LogP contribution is 2.30. The summed E-state index contributed by atoms with van der Waals surface area (Å²) in [7, 11) is 1.54. The Hall–Kier alpha value is -3.42. The molecule has 1 aliphatic rings. The average Bonchev–Trinajstić information content (AvgIpc) is 3.09. The van der Waals surface area contributed by atoms with Crippen molar-refractivity contribution in [2.75, 3.05) is 13.7 Å². The molecule has 2 aromatic rings. The fourth-order valence-electron chi connectivity index (χ4n) is 3.74. The van der Waals surface area contributed by atoms with Gasteiger partial charge < -0.3 is 15.0 Å². The number of carbonyl (C=O) groups excluding carboxylic acids is 4. The molecule has 3 rings (SSSR count). The van der Waals surface area contributed by atoms with E-state index in [0.717, 1.165) is 4.90 Å². The zero-order chi connectivity index (χ0) is 21.5. The number of aryl methyl sites for hydroxylation is 1. The quantitative estimate of drug-likeness (QED) is 0.575. The first-order valence-electron chi connectivity index (χ1n) is 9.12. The van der Waals surface area contributed by atoms with Crippen LogP contribution in [0.15, 0.2) is 24.3 Å². The van der Waals surface area contributed by atoms with Crippen LogP contribution in [-0.4, -0.2) is 47.0 Å². The number of benzene rings is 1. The number of aromatic amines is 1. The number of Topliss-reactive ketones (excluding diaryl/α,β-unsaturated/α-hetero) is 2. The second-order valence-electron chi connectivity index (χ2n) is 7.28. The van der Waals surface area contributed by atoms with Crippen molar-refractivity contribution < 1.29 is 23.9 Å². The first-order valence-corrected chi connectivity index (χ1v) is 9.12. The Morgan fingerprint density at radius 3 is 2.28 bits per heavy atom. The molecule has 0 aliphatic carbocycles. The van der Waals surface area contributed by atoms with Gasteiger partial charge in [-0.3, -0.25) is 19.3 Å². The Labute approximate surface area is 168 Å². The summed E-state index contributed by atoms with van der Waals surface area (Å²) in [5.41, 5.74) is 1.08. The fourth-order valence-corrected chi connectivity index (χ4v) is 3.74.